The largest absolute Gasteiger partial charge is 0.391 e. The van der Waals surface area contributed by atoms with Crippen LogP contribution in [0.2, 0.25) is 0 Å². The molecule has 0 aliphatic heterocycles. The molecule has 3 heteroatoms. The second-order valence-corrected chi connectivity index (χ2v) is 2.59. The van der Waals surface area contributed by atoms with Crippen LogP contribution in [0.25, 0.3) is 0 Å². The molecule has 0 fully saturated rings. The van der Waals surface area contributed by atoms with Crippen molar-refractivity contribution < 1.29 is 14.6 Å². The van der Waals surface area contributed by atoms with Gasteiger partial charge in [-0.1, -0.05) is 6.08 Å². The van der Waals surface area contributed by atoms with Gasteiger partial charge in [-0.05, 0) is 12.8 Å². The van der Waals surface area contributed by atoms with Crippen LogP contribution in [0.3, 0.4) is 0 Å². The third-order valence-corrected chi connectivity index (χ3v) is 1.45. The number of ether oxygens (including phenoxy) is 2. The van der Waals surface area contributed by atoms with Crippen LogP contribution in [0.1, 0.15) is 12.8 Å². The minimum atomic E-state index is -0.375. The highest BCUT2D eigenvalue weighted by atomic mass is 16.5. The van der Waals surface area contributed by atoms with E-state index in [1.807, 2.05) is 0 Å². The number of allylic oxidation sites excluding steroid dienone is 1. The lowest BCUT2D eigenvalue weighted by atomic mass is 10.2. The minimum Gasteiger partial charge on any atom is -0.391 e. The van der Waals surface area contributed by atoms with Crippen LogP contribution in [0.4, 0.5) is 0 Å². The van der Waals surface area contributed by atoms with Crippen LogP contribution in [-0.2, 0) is 9.47 Å². The molecule has 3 nitrogen and oxygen atoms in total. The highest BCUT2D eigenvalue weighted by Gasteiger charge is 2.01. The average Bonchev–Trinajstić information content (AvgIpc) is 2.09. The van der Waals surface area contributed by atoms with E-state index in [9.17, 15) is 5.11 Å². The van der Waals surface area contributed by atoms with Gasteiger partial charge in [-0.2, -0.15) is 0 Å². The standard InChI is InChI=1S/C9H18O3/c1-3-4-5-9(10)8-12-7-6-11-2/h3,9-10H,1,4-8H2,2H3. The Labute approximate surface area is 74.0 Å². The molecule has 1 atom stereocenters. The summed E-state index contributed by atoms with van der Waals surface area (Å²) in [4.78, 5) is 0. The summed E-state index contributed by atoms with van der Waals surface area (Å²) in [7, 11) is 1.62. The minimum absolute atomic E-state index is 0.375. The molecule has 0 aliphatic rings. The Morgan fingerprint density at radius 3 is 2.83 bits per heavy atom. The molecule has 72 valence electrons. The molecule has 0 amide bonds. The van der Waals surface area contributed by atoms with Crippen molar-refractivity contribution >= 4 is 0 Å². The zero-order valence-electron chi connectivity index (χ0n) is 7.66. The van der Waals surface area contributed by atoms with Crippen molar-refractivity contribution in [1.29, 1.82) is 0 Å². The van der Waals surface area contributed by atoms with Crippen LogP contribution >= 0.6 is 0 Å². The SMILES string of the molecule is C=CCCC(O)COCCOC. The highest BCUT2D eigenvalue weighted by Crippen LogP contribution is 1.97. The first kappa shape index (κ1) is 11.6. The van der Waals surface area contributed by atoms with Gasteiger partial charge in [0, 0.05) is 7.11 Å². The van der Waals surface area contributed by atoms with E-state index < -0.39 is 0 Å². The third kappa shape index (κ3) is 7.72. The quantitative estimate of drug-likeness (QED) is 0.440. The molecule has 0 heterocycles. The molecule has 0 radical (unpaired) electrons. The molecule has 1 unspecified atom stereocenters. The molecule has 0 spiro atoms. The Hall–Kier alpha value is -0.380. The predicted octanol–water partition coefficient (Wildman–Crippen LogP) is 0.976. The lowest BCUT2D eigenvalue weighted by Gasteiger charge is -2.09. The summed E-state index contributed by atoms with van der Waals surface area (Å²) in [5, 5.41) is 9.27. The van der Waals surface area contributed by atoms with Gasteiger partial charge in [0.15, 0.2) is 0 Å². The van der Waals surface area contributed by atoms with Gasteiger partial charge in [0.2, 0.25) is 0 Å². The summed E-state index contributed by atoms with van der Waals surface area (Å²) in [5.74, 6) is 0. The lowest BCUT2D eigenvalue weighted by molar-refractivity contribution is 0.0108. The summed E-state index contributed by atoms with van der Waals surface area (Å²) in [6.07, 6.45) is 2.96. The molecule has 0 rings (SSSR count). The molecule has 0 bridgehead atoms. The van der Waals surface area contributed by atoms with Gasteiger partial charge < -0.3 is 14.6 Å². The number of hydrogen-bond donors (Lipinski definition) is 1. The van der Waals surface area contributed by atoms with E-state index in [2.05, 4.69) is 6.58 Å². The summed E-state index contributed by atoms with van der Waals surface area (Å²) in [6, 6.07) is 0. The van der Waals surface area contributed by atoms with E-state index in [0.29, 0.717) is 19.8 Å². The van der Waals surface area contributed by atoms with Crippen molar-refractivity contribution in [2.45, 2.75) is 18.9 Å². The van der Waals surface area contributed by atoms with E-state index in [4.69, 9.17) is 9.47 Å². The molecule has 12 heavy (non-hydrogen) atoms. The molecule has 0 saturated heterocycles. The van der Waals surface area contributed by atoms with Crippen LogP contribution in [-0.4, -0.2) is 38.1 Å². The van der Waals surface area contributed by atoms with Gasteiger partial charge in [0.05, 0.1) is 25.9 Å². The summed E-state index contributed by atoms with van der Waals surface area (Å²) in [6.45, 7) is 5.08. The van der Waals surface area contributed by atoms with Gasteiger partial charge in [-0.25, -0.2) is 0 Å². The van der Waals surface area contributed by atoms with Gasteiger partial charge in [-0.15, -0.1) is 6.58 Å². The number of aliphatic hydroxyl groups excluding tert-OH is 1. The molecular weight excluding hydrogens is 156 g/mol. The first-order chi connectivity index (χ1) is 5.81. The summed E-state index contributed by atoms with van der Waals surface area (Å²) in [5.41, 5.74) is 0. The lowest BCUT2D eigenvalue weighted by Crippen LogP contribution is -2.16. The molecule has 1 N–H and O–H groups in total. The first-order valence-corrected chi connectivity index (χ1v) is 4.17. The van der Waals surface area contributed by atoms with Crippen molar-refractivity contribution in [2.24, 2.45) is 0 Å². The molecular formula is C9H18O3. The van der Waals surface area contributed by atoms with Crippen LogP contribution in [0.5, 0.6) is 0 Å². The van der Waals surface area contributed by atoms with Crippen molar-refractivity contribution in [3.05, 3.63) is 12.7 Å². The number of hydrogen-bond acceptors (Lipinski definition) is 3. The Kier molecular flexibility index (Phi) is 8.44. The molecule has 0 aliphatic carbocycles. The van der Waals surface area contributed by atoms with Gasteiger partial charge >= 0.3 is 0 Å². The van der Waals surface area contributed by atoms with Crippen molar-refractivity contribution in [2.75, 3.05) is 26.9 Å². The second kappa shape index (κ2) is 8.71. The maximum atomic E-state index is 9.27. The van der Waals surface area contributed by atoms with Gasteiger partial charge in [0.1, 0.15) is 0 Å². The predicted molar refractivity (Wildman–Crippen MR) is 48.1 cm³/mol. The van der Waals surface area contributed by atoms with Crippen molar-refractivity contribution in [1.82, 2.24) is 0 Å². The van der Waals surface area contributed by atoms with Crippen molar-refractivity contribution in [3.8, 4) is 0 Å². The maximum absolute atomic E-state index is 9.27. The van der Waals surface area contributed by atoms with E-state index in [0.717, 1.165) is 12.8 Å². The number of aliphatic hydroxyl groups is 1. The molecule has 0 aromatic heterocycles. The summed E-state index contributed by atoms with van der Waals surface area (Å²) < 4.78 is 9.91. The van der Waals surface area contributed by atoms with E-state index in [-0.39, 0.29) is 6.10 Å². The molecule has 0 saturated carbocycles. The van der Waals surface area contributed by atoms with Crippen LogP contribution in [0, 0.1) is 0 Å². The van der Waals surface area contributed by atoms with E-state index in [1.54, 1.807) is 13.2 Å². The normalized spacial score (nSPS) is 12.8. The number of rotatable bonds is 8. The monoisotopic (exact) mass is 174 g/mol. The Morgan fingerprint density at radius 1 is 1.50 bits per heavy atom. The van der Waals surface area contributed by atoms with Crippen LogP contribution < -0.4 is 0 Å². The third-order valence-electron chi connectivity index (χ3n) is 1.45. The fourth-order valence-electron chi connectivity index (χ4n) is 0.755. The van der Waals surface area contributed by atoms with Crippen molar-refractivity contribution in [3.63, 3.8) is 0 Å². The van der Waals surface area contributed by atoms with E-state index in [1.165, 1.54) is 0 Å². The van der Waals surface area contributed by atoms with Gasteiger partial charge in [-0.3, -0.25) is 0 Å². The average molecular weight is 174 g/mol. The summed E-state index contributed by atoms with van der Waals surface area (Å²) >= 11 is 0. The van der Waals surface area contributed by atoms with Crippen LogP contribution in [0.15, 0.2) is 12.7 Å². The fourth-order valence-corrected chi connectivity index (χ4v) is 0.755. The zero-order valence-corrected chi connectivity index (χ0v) is 7.66. The topological polar surface area (TPSA) is 38.7 Å². The zero-order chi connectivity index (χ0) is 9.23. The van der Waals surface area contributed by atoms with Gasteiger partial charge in [0.25, 0.3) is 0 Å². The maximum Gasteiger partial charge on any atom is 0.0776 e. The Bertz CT molecular complexity index is 104. The fraction of sp³-hybridized carbons (Fsp3) is 0.778. The highest BCUT2D eigenvalue weighted by molar-refractivity contribution is 4.68. The Balaban J connectivity index is 3.07. The molecule has 0 aromatic rings. The molecule has 0 aromatic carbocycles. The first-order valence-electron chi connectivity index (χ1n) is 4.17. The number of methoxy groups -OCH3 is 1. The Morgan fingerprint density at radius 2 is 2.25 bits per heavy atom. The van der Waals surface area contributed by atoms with E-state index >= 15 is 0 Å². The second-order valence-electron chi connectivity index (χ2n) is 2.59. The smallest absolute Gasteiger partial charge is 0.0776 e.